The molecular formula is C17H20BrFN2. The fraction of sp³-hybridized carbons (Fsp3) is 0.294. The van der Waals surface area contributed by atoms with Crippen LogP contribution in [0.1, 0.15) is 19.4 Å². The zero-order valence-electron chi connectivity index (χ0n) is 12.4. The maximum absolute atomic E-state index is 13.1. The van der Waals surface area contributed by atoms with E-state index in [0.29, 0.717) is 0 Å². The molecule has 0 heterocycles. The van der Waals surface area contributed by atoms with Crippen LogP contribution < -0.4 is 10.2 Å². The number of hydrogen-bond acceptors (Lipinski definition) is 2. The first-order valence-corrected chi connectivity index (χ1v) is 7.97. The zero-order valence-corrected chi connectivity index (χ0v) is 14.0. The van der Waals surface area contributed by atoms with Crippen LogP contribution >= 0.6 is 15.9 Å². The molecule has 0 saturated heterocycles. The van der Waals surface area contributed by atoms with E-state index < -0.39 is 0 Å². The summed E-state index contributed by atoms with van der Waals surface area (Å²) in [7, 11) is 0. The van der Waals surface area contributed by atoms with E-state index in [1.807, 2.05) is 0 Å². The van der Waals surface area contributed by atoms with E-state index in [-0.39, 0.29) is 5.82 Å². The third kappa shape index (κ3) is 4.05. The Morgan fingerprint density at radius 1 is 1.05 bits per heavy atom. The molecule has 2 nitrogen and oxygen atoms in total. The zero-order chi connectivity index (χ0) is 15.2. The molecule has 21 heavy (non-hydrogen) atoms. The van der Waals surface area contributed by atoms with Crippen LogP contribution in [0.25, 0.3) is 0 Å². The summed E-state index contributed by atoms with van der Waals surface area (Å²) in [6.07, 6.45) is 0. The van der Waals surface area contributed by atoms with Crippen molar-refractivity contribution in [3.8, 4) is 0 Å². The molecule has 0 amide bonds. The second-order valence-corrected chi connectivity index (χ2v) is 5.63. The topological polar surface area (TPSA) is 15.3 Å². The summed E-state index contributed by atoms with van der Waals surface area (Å²) in [6.45, 7) is 6.80. The molecule has 1 N–H and O–H groups in total. The molecule has 0 radical (unpaired) electrons. The average Bonchev–Trinajstić information content (AvgIpc) is 2.49. The predicted octanol–water partition coefficient (Wildman–Crippen LogP) is 4.86. The van der Waals surface area contributed by atoms with Crippen molar-refractivity contribution in [3.05, 3.63) is 58.3 Å². The molecule has 2 aromatic rings. The Kier molecular flexibility index (Phi) is 5.76. The summed E-state index contributed by atoms with van der Waals surface area (Å²) in [4.78, 5) is 2.15. The number of nitrogens with one attached hydrogen (secondary N) is 1. The molecule has 0 atom stereocenters. The van der Waals surface area contributed by atoms with Gasteiger partial charge in [-0.2, -0.15) is 0 Å². The van der Waals surface area contributed by atoms with Gasteiger partial charge >= 0.3 is 0 Å². The van der Waals surface area contributed by atoms with Crippen LogP contribution in [0.2, 0.25) is 0 Å². The highest BCUT2D eigenvalue weighted by Gasteiger charge is 2.09. The molecule has 0 aliphatic carbocycles. The highest BCUT2D eigenvalue weighted by molar-refractivity contribution is 9.10. The molecule has 0 aliphatic heterocycles. The third-order valence-corrected chi connectivity index (χ3v) is 4.11. The monoisotopic (exact) mass is 350 g/mol. The van der Waals surface area contributed by atoms with Crippen molar-refractivity contribution in [1.82, 2.24) is 5.32 Å². The van der Waals surface area contributed by atoms with Crippen LogP contribution in [0, 0.1) is 5.82 Å². The largest absolute Gasteiger partial charge is 0.342 e. The minimum atomic E-state index is -0.211. The van der Waals surface area contributed by atoms with Crippen LogP contribution in [-0.2, 0) is 6.54 Å². The Labute approximate surface area is 134 Å². The van der Waals surface area contributed by atoms with E-state index in [4.69, 9.17) is 0 Å². The van der Waals surface area contributed by atoms with Gasteiger partial charge in [-0.05, 0) is 55.4 Å². The lowest BCUT2D eigenvalue weighted by Crippen LogP contribution is -2.16. The van der Waals surface area contributed by atoms with E-state index in [2.05, 4.69) is 58.2 Å². The van der Waals surface area contributed by atoms with Crippen molar-refractivity contribution >= 4 is 27.3 Å². The van der Waals surface area contributed by atoms with Crippen molar-refractivity contribution in [1.29, 1.82) is 0 Å². The quantitative estimate of drug-likeness (QED) is 0.800. The Balaban J connectivity index is 2.26. The maximum Gasteiger partial charge on any atom is 0.123 e. The van der Waals surface area contributed by atoms with Crippen LogP contribution in [0.3, 0.4) is 0 Å². The van der Waals surface area contributed by atoms with Crippen LogP contribution in [0.15, 0.2) is 46.9 Å². The van der Waals surface area contributed by atoms with Gasteiger partial charge in [-0.1, -0.05) is 28.9 Å². The van der Waals surface area contributed by atoms with Gasteiger partial charge in [0.15, 0.2) is 0 Å². The molecule has 0 fully saturated rings. The molecule has 0 spiro atoms. The lowest BCUT2D eigenvalue weighted by Gasteiger charge is -2.24. The van der Waals surface area contributed by atoms with Gasteiger partial charge in [0.25, 0.3) is 0 Å². The summed E-state index contributed by atoms with van der Waals surface area (Å²) in [5, 5.41) is 3.32. The van der Waals surface area contributed by atoms with Gasteiger partial charge in [0.1, 0.15) is 5.82 Å². The number of rotatable bonds is 6. The van der Waals surface area contributed by atoms with E-state index in [0.717, 1.165) is 35.5 Å². The Bertz CT molecular complexity index is 584. The summed E-state index contributed by atoms with van der Waals surface area (Å²) in [5.74, 6) is -0.211. The average molecular weight is 351 g/mol. The molecule has 0 unspecified atom stereocenters. The maximum atomic E-state index is 13.1. The first-order chi connectivity index (χ1) is 10.2. The summed E-state index contributed by atoms with van der Waals surface area (Å²) < 4.78 is 14.1. The second-order valence-electron chi connectivity index (χ2n) is 4.78. The lowest BCUT2D eigenvalue weighted by atomic mass is 10.1. The lowest BCUT2D eigenvalue weighted by molar-refractivity contribution is 0.628. The van der Waals surface area contributed by atoms with E-state index in [1.165, 1.54) is 17.7 Å². The molecule has 0 saturated carbocycles. The van der Waals surface area contributed by atoms with Gasteiger partial charge in [-0.15, -0.1) is 0 Å². The van der Waals surface area contributed by atoms with Crippen LogP contribution in [-0.4, -0.2) is 13.1 Å². The summed E-state index contributed by atoms with van der Waals surface area (Å²) >= 11 is 3.63. The first-order valence-electron chi connectivity index (χ1n) is 7.18. The molecule has 4 heteroatoms. The minimum Gasteiger partial charge on any atom is -0.342 e. The van der Waals surface area contributed by atoms with Gasteiger partial charge < -0.3 is 10.2 Å². The number of hydrogen-bond donors (Lipinski definition) is 1. The molecule has 0 aromatic heterocycles. The normalized spacial score (nSPS) is 10.7. The SMILES string of the molecule is CCNCc1ccc(N(CC)c2ccc(F)cc2)cc1Br. The van der Waals surface area contributed by atoms with E-state index >= 15 is 0 Å². The first kappa shape index (κ1) is 16.0. The van der Waals surface area contributed by atoms with Crippen molar-refractivity contribution in [2.75, 3.05) is 18.0 Å². The molecular weight excluding hydrogens is 331 g/mol. The number of nitrogens with zero attached hydrogens (tertiary/aromatic N) is 1. The molecule has 112 valence electrons. The molecule has 2 aromatic carbocycles. The van der Waals surface area contributed by atoms with Gasteiger partial charge in [0, 0.05) is 28.9 Å². The smallest absolute Gasteiger partial charge is 0.123 e. The molecule has 2 rings (SSSR count). The number of halogens is 2. The molecule has 0 bridgehead atoms. The number of anilines is 2. The summed E-state index contributed by atoms with van der Waals surface area (Å²) in [6, 6.07) is 12.9. The fourth-order valence-corrected chi connectivity index (χ4v) is 2.75. The number of benzene rings is 2. The Morgan fingerprint density at radius 2 is 1.71 bits per heavy atom. The highest BCUT2D eigenvalue weighted by Crippen LogP contribution is 2.29. The van der Waals surface area contributed by atoms with E-state index in [1.54, 1.807) is 12.1 Å². The minimum absolute atomic E-state index is 0.211. The van der Waals surface area contributed by atoms with Gasteiger partial charge in [-0.25, -0.2) is 4.39 Å². The third-order valence-electron chi connectivity index (χ3n) is 3.37. The highest BCUT2D eigenvalue weighted by atomic mass is 79.9. The van der Waals surface area contributed by atoms with Crippen LogP contribution in [0.5, 0.6) is 0 Å². The van der Waals surface area contributed by atoms with Crippen molar-refractivity contribution < 1.29 is 4.39 Å². The summed E-state index contributed by atoms with van der Waals surface area (Å²) in [5.41, 5.74) is 3.32. The Morgan fingerprint density at radius 3 is 2.29 bits per heavy atom. The fourth-order valence-electron chi connectivity index (χ4n) is 2.24. The Hall–Kier alpha value is -1.39. The van der Waals surface area contributed by atoms with Crippen molar-refractivity contribution in [2.45, 2.75) is 20.4 Å². The predicted molar refractivity (Wildman–Crippen MR) is 90.6 cm³/mol. The van der Waals surface area contributed by atoms with Gasteiger partial charge in [0.2, 0.25) is 0 Å². The van der Waals surface area contributed by atoms with Crippen molar-refractivity contribution in [3.63, 3.8) is 0 Å². The van der Waals surface area contributed by atoms with Crippen LogP contribution in [0.4, 0.5) is 15.8 Å². The van der Waals surface area contributed by atoms with E-state index in [9.17, 15) is 4.39 Å². The molecule has 0 aliphatic rings. The van der Waals surface area contributed by atoms with Gasteiger partial charge in [-0.3, -0.25) is 0 Å². The van der Waals surface area contributed by atoms with Gasteiger partial charge in [0.05, 0.1) is 0 Å². The van der Waals surface area contributed by atoms with Crippen molar-refractivity contribution in [2.24, 2.45) is 0 Å². The second kappa shape index (κ2) is 7.57. The standard InChI is InChI=1S/C17H20BrFN2/c1-3-20-12-13-5-8-16(11-17(13)18)21(4-2)15-9-6-14(19)7-10-15/h5-11,20H,3-4,12H2,1-2H3.